The van der Waals surface area contributed by atoms with Gasteiger partial charge in [0.25, 0.3) is 0 Å². The molecule has 0 aliphatic heterocycles. The van der Waals surface area contributed by atoms with Gasteiger partial charge in [-0.25, -0.2) is 14.2 Å². The Labute approximate surface area is 185 Å². The van der Waals surface area contributed by atoms with E-state index >= 15 is 0 Å². The van der Waals surface area contributed by atoms with Crippen LogP contribution in [0.2, 0.25) is 15.2 Å². The Balaban J connectivity index is 2.13. The highest BCUT2D eigenvalue weighted by molar-refractivity contribution is 6.42. The van der Waals surface area contributed by atoms with Crippen molar-refractivity contribution in [1.82, 2.24) is 9.55 Å². The minimum absolute atomic E-state index is 0.107. The van der Waals surface area contributed by atoms with Crippen molar-refractivity contribution in [3.8, 4) is 17.1 Å². The predicted octanol–water partition coefficient (Wildman–Crippen LogP) is 5.31. The Hall–Kier alpha value is -2.61. The average Bonchev–Trinajstić information content (AvgIpc) is 2.70. The normalized spacial score (nSPS) is 10.8. The van der Waals surface area contributed by atoms with Crippen molar-refractivity contribution < 1.29 is 19.0 Å². The second-order valence-electron chi connectivity index (χ2n) is 6.11. The molecule has 0 bridgehead atoms. The molecule has 6 nitrogen and oxygen atoms in total. The predicted molar refractivity (Wildman–Crippen MR) is 112 cm³/mol. The van der Waals surface area contributed by atoms with E-state index in [0.29, 0.717) is 11.3 Å². The van der Waals surface area contributed by atoms with Gasteiger partial charge in [-0.2, -0.15) is 0 Å². The van der Waals surface area contributed by atoms with Gasteiger partial charge in [0.05, 0.1) is 21.4 Å². The average molecular weight is 472 g/mol. The maximum absolute atomic E-state index is 13.3. The van der Waals surface area contributed by atoms with Crippen LogP contribution in [0, 0.1) is 5.82 Å². The highest BCUT2D eigenvalue weighted by Gasteiger charge is 2.23. The fraction of sp³-hybridized carbons (Fsp3) is 0.150. The van der Waals surface area contributed by atoms with E-state index in [4.69, 9.17) is 39.5 Å². The largest absolute Gasteiger partial charge is 0.477 e. The monoisotopic (exact) mass is 470 g/mol. The molecule has 156 valence electrons. The first-order valence-electron chi connectivity index (χ1n) is 8.63. The highest BCUT2D eigenvalue weighted by atomic mass is 35.5. The number of halogens is 4. The van der Waals surface area contributed by atoms with Gasteiger partial charge in [0.15, 0.2) is 16.9 Å². The number of carboxylic acids is 1. The van der Waals surface area contributed by atoms with Gasteiger partial charge in [-0.05, 0) is 31.2 Å². The Morgan fingerprint density at radius 2 is 1.90 bits per heavy atom. The number of benzene rings is 1. The smallest absolute Gasteiger partial charge is 0.341 e. The highest BCUT2D eigenvalue weighted by Crippen LogP contribution is 2.32. The van der Waals surface area contributed by atoms with Crippen LogP contribution in [-0.4, -0.2) is 20.6 Å². The van der Waals surface area contributed by atoms with Gasteiger partial charge in [-0.1, -0.05) is 40.9 Å². The van der Waals surface area contributed by atoms with E-state index in [1.165, 1.54) is 22.8 Å². The number of aromatic nitrogens is 2. The molecular weight excluding hydrogens is 458 g/mol. The molecule has 3 aromatic rings. The Morgan fingerprint density at radius 1 is 1.17 bits per heavy atom. The molecule has 0 spiro atoms. The van der Waals surface area contributed by atoms with E-state index in [0.717, 1.165) is 12.1 Å². The maximum Gasteiger partial charge on any atom is 0.341 e. The molecule has 2 aromatic heterocycles. The number of pyridine rings is 2. The summed E-state index contributed by atoms with van der Waals surface area (Å²) >= 11 is 17.7. The Kier molecular flexibility index (Phi) is 6.65. The molecule has 0 unspecified atom stereocenters. The molecule has 0 atom stereocenters. The third-order valence-corrected chi connectivity index (χ3v) is 5.23. The fourth-order valence-corrected chi connectivity index (χ4v) is 3.36. The van der Waals surface area contributed by atoms with Crippen LogP contribution >= 0.6 is 34.8 Å². The van der Waals surface area contributed by atoms with Gasteiger partial charge in [-0.15, -0.1) is 0 Å². The van der Waals surface area contributed by atoms with E-state index < -0.39 is 22.8 Å². The number of carboxylic acid groups (broad SMARTS) is 1. The minimum Gasteiger partial charge on any atom is -0.477 e. The third kappa shape index (κ3) is 4.43. The number of aromatic carboxylic acids is 1. The van der Waals surface area contributed by atoms with E-state index in [1.54, 1.807) is 13.0 Å². The lowest BCUT2D eigenvalue weighted by molar-refractivity contribution is 0.0695. The van der Waals surface area contributed by atoms with Gasteiger partial charge in [0.1, 0.15) is 12.2 Å². The molecule has 1 aromatic carbocycles. The van der Waals surface area contributed by atoms with Crippen LogP contribution in [0.25, 0.3) is 11.3 Å². The van der Waals surface area contributed by atoms with Gasteiger partial charge in [0.2, 0.25) is 5.43 Å². The van der Waals surface area contributed by atoms with Crippen LogP contribution < -0.4 is 10.2 Å². The molecule has 1 N–H and O–H groups in total. The molecule has 2 heterocycles. The second-order valence-corrected chi connectivity index (χ2v) is 7.29. The summed E-state index contributed by atoms with van der Waals surface area (Å²) in [7, 11) is 0. The lowest BCUT2D eigenvalue weighted by Gasteiger charge is -2.20. The summed E-state index contributed by atoms with van der Waals surface area (Å²) in [5, 5.41) is 9.82. The molecule has 0 aliphatic carbocycles. The quantitative estimate of drug-likeness (QED) is 0.493. The summed E-state index contributed by atoms with van der Waals surface area (Å²) in [6.07, 6.45) is 0. The number of hydrogen-bond acceptors (Lipinski definition) is 4. The lowest BCUT2D eigenvalue weighted by atomic mass is 10.0. The lowest BCUT2D eigenvalue weighted by Crippen LogP contribution is -2.22. The van der Waals surface area contributed by atoms with Crippen molar-refractivity contribution in [2.24, 2.45) is 0 Å². The Bertz CT molecular complexity index is 1200. The topological polar surface area (TPSA) is 81.4 Å². The summed E-state index contributed by atoms with van der Waals surface area (Å²) in [5.41, 5.74) is -0.334. The SMILES string of the molecule is CCn1c(OCc2ccc(F)c(Cl)n2)cc(=O)c(C(=O)O)c1-c1ccc(Cl)c(Cl)c1. The zero-order valence-corrected chi connectivity index (χ0v) is 17.7. The first-order valence-corrected chi connectivity index (χ1v) is 9.76. The molecule has 10 heteroatoms. The first kappa shape index (κ1) is 22.1. The fourth-order valence-electron chi connectivity index (χ4n) is 2.89. The maximum atomic E-state index is 13.3. The van der Waals surface area contributed by atoms with E-state index in [1.807, 2.05) is 0 Å². The van der Waals surface area contributed by atoms with Crippen LogP contribution in [0.1, 0.15) is 23.0 Å². The van der Waals surface area contributed by atoms with Gasteiger partial charge in [0, 0.05) is 18.2 Å². The van der Waals surface area contributed by atoms with Crippen LogP contribution in [0.15, 0.2) is 41.2 Å². The summed E-state index contributed by atoms with van der Waals surface area (Å²) in [5.74, 6) is -1.95. The summed E-state index contributed by atoms with van der Waals surface area (Å²) < 4.78 is 20.5. The molecule has 0 fully saturated rings. The number of carbonyl (C=O) groups is 1. The second kappa shape index (κ2) is 9.04. The van der Waals surface area contributed by atoms with E-state index in [-0.39, 0.29) is 39.9 Å². The molecule has 30 heavy (non-hydrogen) atoms. The van der Waals surface area contributed by atoms with Crippen molar-refractivity contribution in [1.29, 1.82) is 0 Å². The number of hydrogen-bond donors (Lipinski definition) is 1. The summed E-state index contributed by atoms with van der Waals surface area (Å²) in [4.78, 5) is 28.3. The summed E-state index contributed by atoms with van der Waals surface area (Å²) in [6, 6.07) is 8.16. The van der Waals surface area contributed by atoms with Crippen molar-refractivity contribution in [3.63, 3.8) is 0 Å². The Morgan fingerprint density at radius 3 is 2.50 bits per heavy atom. The van der Waals surface area contributed by atoms with Crippen molar-refractivity contribution >= 4 is 40.8 Å². The van der Waals surface area contributed by atoms with Crippen LogP contribution in [0.5, 0.6) is 5.88 Å². The molecule has 0 saturated carbocycles. The van der Waals surface area contributed by atoms with Crippen molar-refractivity contribution in [2.45, 2.75) is 20.1 Å². The molecule has 0 amide bonds. The van der Waals surface area contributed by atoms with Gasteiger partial charge >= 0.3 is 5.97 Å². The molecule has 0 radical (unpaired) electrons. The zero-order chi connectivity index (χ0) is 22.0. The van der Waals surface area contributed by atoms with Crippen LogP contribution in [0.4, 0.5) is 4.39 Å². The number of rotatable bonds is 6. The minimum atomic E-state index is -1.39. The molecule has 0 aliphatic rings. The molecular formula is C20H14Cl3FN2O4. The number of nitrogens with zero attached hydrogens (tertiary/aromatic N) is 2. The first-order chi connectivity index (χ1) is 14.2. The number of ether oxygens (including phenoxy) is 1. The van der Waals surface area contributed by atoms with E-state index in [9.17, 15) is 19.1 Å². The van der Waals surface area contributed by atoms with Gasteiger partial charge in [-0.3, -0.25) is 4.79 Å². The molecule has 3 rings (SSSR count). The standard InChI is InChI=1S/C20H14Cl3FN2O4/c1-2-26-16(30-9-11-4-6-14(24)19(23)25-11)8-15(27)17(20(28)29)18(26)10-3-5-12(21)13(22)7-10/h3-8H,2,9H2,1H3,(H,28,29). The molecule has 0 saturated heterocycles. The van der Waals surface area contributed by atoms with Crippen LogP contribution in [-0.2, 0) is 13.2 Å². The van der Waals surface area contributed by atoms with Crippen molar-refractivity contribution in [3.05, 3.63) is 78.9 Å². The third-order valence-electron chi connectivity index (χ3n) is 4.23. The van der Waals surface area contributed by atoms with E-state index in [2.05, 4.69) is 4.98 Å². The summed E-state index contributed by atoms with van der Waals surface area (Å²) in [6.45, 7) is 1.92. The van der Waals surface area contributed by atoms with Crippen molar-refractivity contribution in [2.75, 3.05) is 0 Å². The van der Waals surface area contributed by atoms with Gasteiger partial charge < -0.3 is 14.4 Å². The zero-order valence-electron chi connectivity index (χ0n) is 15.5. The van der Waals surface area contributed by atoms with Crippen LogP contribution in [0.3, 0.4) is 0 Å².